The van der Waals surface area contributed by atoms with Gasteiger partial charge in [0.15, 0.2) is 5.16 Å². The van der Waals surface area contributed by atoms with Crippen LogP contribution in [-0.2, 0) is 17.6 Å². The molecule has 0 bridgehead atoms. The van der Waals surface area contributed by atoms with Crippen LogP contribution in [0.4, 0.5) is 5.00 Å². The van der Waals surface area contributed by atoms with Crippen LogP contribution in [0, 0.1) is 0 Å². The molecule has 150 valence electrons. The third-order valence-electron chi connectivity index (χ3n) is 3.67. The molecule has 9 nitrogen and oxygen atoms in total. The average molecular weight is 431 g/mol. The third kappa shape index (κ3) is 5.65. The molecule has 3 amide bonds. The fraction of sp³-hybridized carbons (Fsp3) is 0.167. The van der Waals surface area contributed by atoms with Crippen molar-refractivity contribution in [3.05, 3.63) is 58.7 Å². The molecule has 0 unspecified atom stereocenters. The lowest BCUT2D eigenvalue weighted by molar-refractivity contribution is -0.114. The van der Waals surface area contributed by atoms with Crippen LogP contribution in [-0.4, -0.2) is 32.5 Å². The Morgan fingerprint density at radius 2 is 1.79 bits per heavy atom. The average Bonchev–Trinajstić information content (AvgIpc) is 3.33. The minimum Gasteiger partial charge on any atom is -0.318 e. The zero-order valence-corrected chi connectivity index (χ0v) is 17.3. The van der Waals surface area contributed by atoms with E-state index in [1.54, 1.807) is 42.4 Å². The SMILES string of the molecule is CC(=O)Nc1ccc(C(=O)NNC(=O)c2ccc(CSc3nncn3C)cc2)s1. The summed E-state index contributed by atoms with van der Waals surface area (Å²) in [5, 5.41) is 11.8. The number of amides is 3. The Morgan fingerprint density at radius 1 is 1.07 bits per heavy atom. The molecule has 11 heteroatoms. The highest BCUT2D eigenvalue weighted by molar-refractivity contribution is 7.98. The van der Waals surface area contributed by atoms with Gasteiger partial charge in [-0.15, -0.1) is 21.5 Å². The number of hydrogen-bond acceptors (Lipinski definition) is 7. The Hall–Kier alpha value is -3.18. The molecular formula is C18H18N6O3S2. The molecule has 0 aliphatic rings. The van der Waals surface area contributed by atoms with Crippen molar-refractivity contribution in [2.75, 3.05) is 5.32 Å². The number of thioether (sulfide) groups is 1. The first kappa shape index (κ1) is 20.6. The fourth-order valence-corrected chi connectivity index (χ4v) is 3.94. The van der Waals surface area contributed by atoms with E-state index >= 15 is 0 Å². The number of thiophene rings is 1. The predicted molar refractivity (Wildman–Crippen MR) is 111 cm³/mol. The molecule has 0 saturated carbocycles. The van der Waals surface area contributed by atoms with Gasteiger partial charge in [0.2, 0.25) is 5.91 Å². The van der Waals surface area contributed by atoms with E-state index in [2.05, 4.69) is 26.4 Å². The molecule has 0 atom stereocenters. The molecule has 0 aliphatic carbocycles. The van der Waals surface area contributed by atoms with Gasteiger partial charge in [-0.3, -0.25) is 25.2 Å². The van der Waals surface area contributed by atoms with Crippen molar-refractivity contribution < 1.29 is 14.4 Å². The monoisotopic (exact) mass is 430 g/mol. The van der Waals surface area contributed by atoms with Crippen LogP contribution in [0.15, 0.2) is 47.9 Å². The van der Waals surface area contributed by atoms with Gasteiger partial charge in [0, 0.05) is 25.3 Å². The Morgan fingerprint density at radius 3 is 2.45 bits per heavy atom. The number of aromatic nitrogens is 3. The summed E-state index contributed by atoms with van der Waals surface area (Å²) in [6.07, 6.45) is 1.64. The number of nitrogens with zero attached hydrogens (tertiary/aromatic N) is 3. The Kier molecular flexibility index (Phi) is 6.62. The minimum absolute atomic E-state index is 0.217. The van der Waals surface area contributed by atoms with Gasteiger partial charge < -0.3 is 9.88 Å². The summed E-state index contributed by atoms with van der Waals surface area (Å²) in [4.78, 5) is 35.7. The number of carbonyl (C=O) groups is 3. The van der Waals surface area contributed by atoms with Gasteiger partial charge in [-0.25, -0.2) is 0 Å². The number of nitrogens with one attached hydrogen (secondary N) is 3. The molecule has 0 fully saturated rings. The number of hydrogen-bond donors (Lipinski definition) is 3. The van der Waals surface area contributed by atoms with E-state index in [0.29, 0.717) is 21.2 Å². The van der Waals surface area contributed by atoms with Gasteiger partial charge in [0.05, 0.1) is 9.88 Å². The highest BCUT2D eigenvalue weighted by Gasteiger charge is 2.12. The van der Waals surface area contributed by atoms with E-state index < -0.39 is 11.8 Å². The number of anilines is 1. The van der Waals surface area contributed by atoms with Crippen LogP contribution >= 0.6 is 23.1 Å². The van der Waals surface area contributed by atoms with Crippen LogP contribution in [0.2, 0.25) is 0 Å². The second kappa shape index (κ2) is 9.34. The van der Waals surface area contributed by atoms with Crippen molar-refractivity contribution in [1.82, 2.24) is 25.6 Å². The van der Waals surface area contributed by atoms with Gasteiger partial charge in [0.25, 0.3) is 11.8 Å². The first-order valence-corrected chi connectivity index (χ1v) is 10.3. The van der Waals surface area contributed by atoms with Crippen LogP contribution in [0.3, 0.4) is 0 Å². The first-order chi connectivity index (χ1) is 13.9. The fourth-order valence-electron chi connectivity index (χ4n) is 2.25. The summed E-state index contributed by atoms with van der Waals surface area (Å²) in [5.41, 5.74) is 6.20. The number of benzene rings is 1. The minimum atomic E-state index is -0.461. The first-order valence-electron chi connectivity index (χ1n) is 8.46. The van der Waals surface area contributed by atoms with Crippen LogP contribution < -0.4 is 16.2 Å². The summed E-state index contributed by atoms with van der Waals surface area (Å²) in [7, 11) is 1.88. The Balaban J connectivity index is 1.50. The van der Waals surface area contributed by atoms with E-state index in [1.807, 2.05) is 23.7 Å². The van der Waals surface area contributed by atoms with E-state index in [1.165, 1.54) is 6.92 Å². The molecule has 3 N–H and O–H groups in total. The van der Waals surface area contributed by atoms with Crippen LogP contribution in [0.5, 0.6) is 0 Å². The largest absolute Gasteiger partial charge is 0.318 e. The molecule has 29 heavy (non-hydrogen) atoms. The van der Waals surface area contributed by atoms with Gasteiger partial charge in [-0.2, -0.15) is 0 Å². The molecule has 3 rings (SSSR count). The molecule has 3 aromatic rings. The summed E-state index contributed by atoms with van der Waals surface area (Å²) in [5.74, 6) is -0.410. The van der Waals surface area contributed by atoms with E-state index in [-0.39, 0.29) is 5.91 Å². The van der Waals surface area contributed by atoms with E-state index in [9.17, 15) is 14.4 Å². The van der Waals surface area contributed by atoms with Crippen molar-refractivity contribution in [2.24, 2.45) is 7.05 Å². The standard InChI is InChI=1S/C18H18N6O3S2/c1-11(25)20-15-8-7-14(29-15)17(27)22-21-16(26)13-5-3-12(4-6-13)9-28-18-23-19-10-24(18)2/h3-8,10H,9H2,1-2H3,(H,20,25)(H,21,26)(H,22,27). The van der Waals surface area contributed by atoms with E-state index in [4.69, 9.17) is 0 Å². The quantitative estimate of drug-likeness (QED) is 0.408. The molecule has 0 aliphatic heterocycles. The van der Waals surface area contributed by atoms with Gasteiger partial charge >= 0.3 is 0 Å². The molecule has 2 heterocycles. The zero-order chi connectivity index (χ0) is 20.8. The predicted octanol–water partition coefficient (Wildman–Crippen LogP) is 2.20. The van der Waals surface area contributed by atoms with Crippen molar-refractivity contribution in [3.63, 3.8) is 0 Å². The van der Waals surface area contributed by atoms with Crippen molar-refractivity contribution in [2.45, 2.75) is 17.8 Å². The highest BCUT2D eigenvalue weighted by atomic mass is 32.2. The maximum Gasteiger partial charge on any atom is 0.279 e. The van der Waals surface area contributed by atoms with Crippen molar-refractivity contribution >= 4 is 45.8 Å². The zero-order valence-electron chi connectivity index (χ0n) is 15.6. The number of carbonyl (C=O) groups excluding carboxylic acids is 3. The molecule has 1 aromatic carbocycles. The third-order valence-corrected chi connectivity index (χ3v) is 5.78. The molecule has 0 spiro atoms. The molecule has 0 saturated heterocycles. The van der Waals surface area contributed by atoms with Crippen molar-refractivity contribution in [1.29, 1.82) is 0 Å². The summed E-state index contributed by atoms with van der Waals surface area (Å²) >= 11 is 2.66. The number of aryl methyl sites for hydroxylation is 1. The number of hydrazine groups is 1. The normalized spacial score (nSPS) is 10.4. The highest BCUT2D eigenvalue weighted by Crippen LogP contribution is 2.22. The van der Waals surface area contributed by atoms with Crippen LogP contribution in [0.25, 0.3) is 0 Å². The summed E-state index contributed by atoms with van der Waals surface area (Å²) < 4.78 is 1.84. The molecule has 0 radical (unpaired) electrons. The van der Waals surface area contributed by atoms with Gasteiger partial charge in [0.1, 0.15) is 6.33 Å². The Labute approximate surface area is 174 Å². The maximum absolute atomic E-state index is 12.2. The summed E-state index contributed by atoms with van der Waals surface area (Å²) in [6.45, 7) is 1.39. The molecule has 2 aromatic heterocycles. The topological polar surface area (TPSA) is 118 Å². The summed E-state index contributed by atoms with van der Waals surface area (Å²) in [6, 6.07) is 10.3. The lowest BCUT2D eigenvalue weighted by atomic mass is 10.1. The second-order valence-electron chi connectivity index (χ2n) is 5.96. The Bertz CT molecular complexity index is 1030. The lowest BCUT2D eigenvalue weighted by Crippen LogP contribution is -2.41. The van der Waals surface area contributed by atoms with Crippen molar-refractivity contribution in [3.8, 4) is 0 Å². The maximum atomic E-state index is 12.2. The van der Waals surface area contributed by atoms with Gasteiger partial charge in [-0.1, -0.05) is 23.9 Å². The second-order valence-corrected chi connectivity index (χ2v) is 7.99. The molecular weight excluding hydrogens is 412 g/mol. The van der Waals surface area contributed by atoms with Gasteiger partial charge in [-0.05, 0) is 29.8 Å². The van der Waals surface area contributed by atoms with E-state index in [0.717, 1.165) is 22.1 Å². The number of rotatable bonds is 6. The lowest BCUT2D eigenvalue weighted by Gasteiger charge is -2.07. The smallest absolute Gasteiger partial charge is 0.279 e. The van der Waals surface area contributed by atoms with Crippen LogP contribution in [0.1, 0.15) is 32.5 Å².